The molecule has 1 aromatic carbocycles. The summed E-state index contributed by atoms with van der Waals surface area (Å²) in [6, 6.07) is 6.22. The molecule has 0 spiro atoms. The van der Waals surface area contributed by atoms with Gasteiger partial charge in [-0.2, -0.15) is 0 Å². The van der Waals surface area contributed by atoms with Gasteiger partial charge in [0, 0.05) is 0 Å². The molecule has 1 atom stereocenters. The van der Waals surface area contributed by atoms with Crippen molar-refractivity contribution in [1.29, 1.82) is 0 Å². The zero-order valence-electron chi connectivity index (χ0n) is 9.80. The van der Waals surface area contributed by atoms with E-state index in [1.54, 1.807) is 12.1 Å². The normalized spacial score (nSPS) is 11.3. The number of methoxy groups -OCH3 is 1. The van der Waals surface area contributed by atoms with Crippen LogP contribution in [0.4, 0.5) is 0 Å². The van der Waals surface area contributed by atoms with Crippen LogP contribution in [0.3, 0.4) is 0 Å². The van der Waals surface area contributed by atoms with Crippen LogP contribution in [0.15, 0.2) is 24.3 Å². The smallest absolute Gasteiger partial charge is 1.00 e. The van der Waals surface area contributed by atoms with E-state index < -0.39 is 12.1 Å². The minimum atomic E-state index is -1.47. The monoisotopic (exact) mass is 224 g/mol. The SMILES string of the molecule is COc1ccc([C@@H](O)C(=O)O)cc1.[Ca+2].[H-].[H-]. The molecular formula is C9H12CaO4. The topological polar surface area (TPSA) is 66.8 Å². The number of carbonyl (C=O) groups is 1. The quantitative estimate of drug-likeness (QED) is 0.740. The Hall–Kier alpha value is -0.290. The molecule has 5 heteroatoms. The van der Waals surface area contributed by atoms with E-state index in [0.717, 1.165) is 0 Å². The third-order valence-electron chi connectivity index (χ3n) is 1.67. The van der Waals surface area contributed by atoms with Crippen LogP contribution in [-0.4, -0.2) is 61.0 Å². The predicted molar refractivity (Wildman–Crippen MR) is 53.6 cm³/mol. The summed E-state index contributed by atoms with van der Waals surface area (Å²) in [4.78, 5) is 10.4. The van der Waals surface area contributed by atoms with Crippen LogP contribution in [0.5, 0.6) is 5.75 Å². The second-order valence-corrected chi connectivity index (χ2v) is 2.51. The van der Waals surface area contributed by atoms with Crippen molar-refractivity contribution >= 4 is 43.7 Å². The van der Waals surface area contributed by atoms with Gasteiger partial charge in [0.05, 0.1) is 7.11 Å². The first kappa shape index (κ1) is 13.7. The minimum Gasteiger partial charge on any atom is -1.00 e. The van der Waals surface area contributed by atoms with E-state index in [2.05, 4.69) is 0 Å². The number of ether oxygens (including phenoxy) is 1. The summed E-state index contributed by atoms with van der Waals surface area (Å²) >= 11 is 0. The summed E-state index contributed by atoms with van der Waals surface area (Å²) in [6.45, 7) is 0. The van der Waals surface area contributed by atoms with Crippen molar-refractivity contribution in [3.05, 3.63) is 29.8 Å². The van der Waals surface area contributed by atoms with Gasteiger partial charge < -0.3 is 17.8 Å². The van der Waals surface area contributed by atoms with E-state index in [9.17, 15) is 4.79 Å². The first-order valence-electron chi connectivity index (χ1n) is 3.70. The Morgan fingerprint density at radius 1 is 1.43 bits per heavy atom. The van der Waals surface area contributed by atoms with Gasteiger partial charge in [-0.15, -0.1) is 0 Å². The fourth-order valence-electron chi connectivity index (χ4n) is 0.929. The van der Waals surface area contributed by atoms with Gasteiger partial charge in [-0.05, 0) is 17.7 Å². The maximum Gasteiger partial charge on any atom is 2.00 e. The Morgan fingerprint density at radius 2 is 1.93 bits per heavy atom. The number of aliphatic hydroxyl groups is 1. The van der Waals surface area contributed by atoms with Crippen molar-refractivity contribution in [2.45, 2.75) is 6.10 Å². The van der Waals surface area contributed by atoms with Gasteiger partial charge in [-0.25, -0.2) is 4.79 Å². The van der Waals surface area contributed by atoms with Crippen LogP contribution in [0.2, 0.25) is 0 Å². The molecule has 0 fully saturated rings. The molecule has 1 aromatic rings. The molecule has 0 aliphatic rings. The van der Waals surface area contributed by atoms with E-state index in [-0.39, 0.29) is 40.6 Å². The van der Waals surface area contributed by atoms with Gasteiger partial charge in [0.15, 0.2) is 6.10 Å². The van der Waals surface area contributed by atoms with Gasteiger partial charge in [-0.1, -0.05) is 12.1 Å². The van der Waals surface area contributed by atoms with Gasteiger partial charge in [0.1, 0.15) is 5.75 Å². The third-order valence-corrected chi connectivity index (χ3v) is 1.67. The molecule has 1 rings (SSSR count). The van der Waals surface area contributed by atoms with Gasteiger partial charge >= 0.3 is 43.7 Å². The summed E-state index contributed by atoms with van der Waals surface area (Å²) in [7, 11) is 1.52. The summed E-state index contributed by atoms with van der Waals surface area (Å²) in [5, 5.41) is 17.6. The summed E-state index contributed by atoms with van der Waals surface area (Å²) in [5.41, 5.74) is 0.341. The molecule has 2 N–H and O–H groups in total. The number of hydrogen-bond acceptors (Lipinski definition) is 3. The van der Waals surface area contributed by atoms with Crippen molar-refractivity contribution in [1.82, 2.24) is 0 Å². The standard InChI is InChI=1S/C9H10O4.Ca.2H/c1-13-7-4-2-6(3-5-7)8(10)9(11)12;;;/h2-5,8,10H,1H3,(H,11,12);;;/q;+2;2*-1/t8-;;;/m1.../s1. The maximum absolute atomic E-state index is 10.4. The van der Waals surface area contributed by atoms with E-state index in [4.69, 9.17) is 14.9 Å². The molecule has 0 unspecified atom stereocenters. The number of carboxylic acids is 1. The second kappa shape index (κ2) is 6.24. The van der Waals surface area contributed by atoms with Crippen LogP contribution in [0.1, 0.15) is 14.5 Å². The molecular weight excluding hydrogens is 212 g/mol. The van der Waals surface area contributed by atoms with Crippen molar-refractivity contribution in [3.63, 3.8) is 0 Å². The van der Waals surface area contributed by atoms with E-state index in [1.807, 2.05) is 0 Å². The first-order chi connectivity index (χ1) is 6.15. The third kappa shape index (κ3) is 3.46. The molecule has 0 heterocycles. The Labute approximate surface area is 114 Å². The number of rotatable bonds is 3. The zero-order valence-corrected chi connectivity index (χ0v) is 10.0. The largest absolute Gasteiger partial charge is 2.00 e. The van der Waals surface area contributed by atoms with Crippen LogP contribution < -0.4 is 4.74 Å². The minimum absolute atomic E-state index is 0. The number of hydrogen-bond donors (Lipinski definition) is 2. The molecule has 74 valence electrons. The molecule has 4 nitrogen and oxygen atoms in total. The first-order valence-corrected chi connectivity index (χ1v) is 3.70. The Balaban J connectivity index is -0.000000563. The number of aliphatic hydroxyl groups excluding tert-OH is 1. The fraction of sp³-hybridized carbons (Fsp3) is 0.222. The van der Waals surface area contributed by atoms with Crippen LogP contribution in [0, 0.1) is 0 Å². The molecule has 14 heavy (non-hydrogen) atoms. The Bertz CT molecular complexity index is 305. The average molecular weight is 224 g/mol. The van der Waals surface area contributed by atoms with Crippen molar-refractivity contribution < 1.29 is 22.6 Å². The molecule has 0 saturated carbocycles. The number of aliphatic carboxylic acids is 1. The van der Waals surface area contributed by atoms with E-state index >= 15 is 0 Å². The fourth-order valence-corrected chi connectivity index (χ4v) is 0.929. The molecule has 0 radical (unpaired) electrons. The van der Waals surface area contributed by atoms with Gasteiger partial charge in [0.2, 0.25) is 0 Å². The molecule has 0 aromatic heterocycles. The molecule has 0 aliphatic heterocycles. The molecule has 0 saturated heterocycles. The van der Waals surface area contributed by atoms with Crippen molar-refractivity contribution in [2.75, 3.05) is 7.11 Å². The average Bonchev–Trinajstić information content (AvgIpc) is 2.17. The Kier molecular flexibility index (Phi) is 6.11. The Morgan fingerprint density at radius 3 is 2.29 bits per heavy atom. The van der Waals surface area contributed by atoms with E-state index in [0.29, 0.717) is 11.3 Å². The van der Waals surface area contributed by atoms with Gasteiger partial charge in [0.25, 0.3) is 0 Å². The van der Waals surface area contributed by atoms with Crippen molar-refractivity contribution in [3.8, 4) is 5.75 Å². The van der Waals surface area contributed by atoms with Crippen LogP contribution >= 0.6 is 0 Å². The van der Waals surface area contributed by atoms with Crippen LogP contribution in [-0.2, 0) is 4.79 Å². The number of carboxylic acid groups (broad SMARTS) is 1. The second-order valence-electron chi connectivity index (χ2n) is 2.51. The summed E-state index contributed by atoms with van der Waals surface area (Å²) in [6.07, 6.45) is -1.47. The summed E-state index contributed by atoms with van der Waals surface area (Å²) < 4.78 is 4.88. The molecule has 0 amide bonds. The van der Waals surface area contributed by atoms with Crippen molar-refractivity contribution in [2.24, 2.45) is 0 Å². The molecule has 0 aliphatic carbocycles. The summed E-state index contributed by atoms with van der Waals surface area (Å²) in [5.74, 6) is -0.633. The zero-order chi connectivity index (χ0) is 9.84. The maximum atomic E-state index is 10.4. The van der Waals surface area contributed by atoms with Gasteiger partial charge in [-0.3, -0.25) is 0 Å². The predicted octanol–water partition coefficient (Wildman–Crippen LogP) is 0.657. The number of benzene rings is 1. The van der Waals surface area contributed by atoms with E-state index in [1.165, 1.54) is 19.2 Å². The van der Waals surface area contributed by atoms with Crippen LogP contribution in [0.25, 0.3) is 0 Å². The molecule has 0 bridgehead atoms.